The summed E-state index contributed by atoms with van der Waals surface area (Å²) >= 11 is 0. The van der Waals surface area contributed by atoms with Crippen LogP contribution in [0.3, 0.4) is 0 Å². The highest BCUT2D eigenvalue weighted by molar-refractivity contribution is 7.86. The summed E-state index contributed by atoms with van der Waals surface area (Å²) < 4.78 is 45.4. The number of halogens is 1. The Labute approximate surface area is 107 Å². The second-order valence-electron chi connectivity index (χ2n) is 5.44. The number of dihydropyridines is 1. The van der Waals surface area contributed by atoms with Gasteiger partial charge in [-0.25, -0.2) is 4.39 Å². The molecule has 0 aromatic heterocycles. The predicted octanol–water partition coefficient (Wildman–Crippen LogP) is 1.53. The summed E-state index contributed by atoms with van der Waals surface area (Å²) in [7, 11) is -4.42. The summed E-state index contributed by atoms with van der Waals surface area (Å²) in [4.78, 5) is 3.81. The molecular weight excluding hydrogens is 259 g/mol. The first-order chi connectivity index (χ1) is 8.00. The molecule has 1 heterocycles. The fourth-order valence-electron chi connectivity index (χ4n) is 1.66. The monoisotopic (exact) mass is 278 g/mol. The Morgan fingerprint density at radius 3 is 2.50 bits per heavy atom. The van der Waals surface area contributed by atoms with E-state index in [1.165, 1.54) is 13.0 Å². The molecule has 2 unspecified atom stereocenters. The third kappa shape index (κ3) is 4.15. The fourth-order valence-corrected chi connectivity index (χ4v) is 2.60. The normalized spacial score (nSPS) is 25.7. The van der Waals surface area contributed by atoms with Crippen molar-refractivity contribution in [1.82, 2.24) is 5.32 Å². The molecule has 1 aliphatic heterocycles. The average Bonchev–Trinajstić information content (AvgIpc) is 2.12. The summed E-state index contributed by atoms with van der Waals surface area (Å²) in [6, 6.07) is 0. The molecule has 0 spiro atoms. The molecule has 0 aromatic rings. The highest BCUT2D eigenvalue weighted by Gasteiger charge is 2.37. The smallest absolute Gasteiger partial charge is 0.289 e. The maximum atomic E-state index is 13.8. The van der Waals surface area contributed by atoms with Crippen LogP contribution in [0.2, 0.25) is 0 Å². The van der Waals surface area contributed by atoms with Gasteiger partial charge >= 0.3 is 0 Å². The van der Waals surface area contributed by atoms with E-state index in [9.17, 15) is 12.8 Å². The van der Waals surface area contributed by atoms with Crippen molar-refractivity contribution >= 4 is 15.8 Å². The van der Waals surface area contributed by atoms with Crippen LogP contribution in [-0.4, -0.2) is 36.1 Å². The summed E-state index contributed by atoms with van der Waals surface area (Å²) in [5, 5.41) is 1.54. The molecule has 0 radical (unpaired) electrons. The maximum absolute atomic E-state index is 13.8. The molecule has 0 saturated heterocycles. The second-order valence-corrected chi connectivity index (χ2v) is 6.96. The first-order valence-corrected chi connectivity index (χ1v) is 7.14. The van der Waals surface area contributed by atoms with E-state index in [0.717, 1.165) is 0 Å². The number of nitrogens with one attached hydrogen (secondary N) is 1. The maximum Gasteiger partial charge on any atom is 0.289 e. The molecule has 0 fully saturated rings. The SMILES string of the molecule is CC1=NC(S(=O)(=O)O)C(CNC(C)(C)C)C(F)=C1. The largest absolute Gasteiger partial charge is 0.311 e. The number of hydrogen-bond acceptors (Lipinski definition) is 4. The third-order valence-corrected chi connectivity index (χ3v) is 3.58. The topological polar surface area (TPSA) is 78.8 Å². The van der Waals surface area contributed by atoms with Gasteiger partial charge < -0.3 is 5.32 Å². The van der Waals surface area contributed by atoms with Crippen molar-refractivity contribution in [2.24, 2.45) is 10.9 Å². The Hall–Kier alpha value is -0.790. The van der Waals surface area contributed by atoms with E-state index in [-0.39, 0.29) is 17.8 Å². The minimum Gasteiger partial charge on any atom is -0.311 e. The quantitative estimate of drug-likeness (QED) is 0.767. The van der Waals surface area contributed by atoms with Crippen molar-refractivity contribution in [3.8, 4) is 0 Å². The van der Waals surface area contributed by atoms with Crippen molar-refractivity contribution in [3.63, 3.8) is 0 Å². The van der Waals surface area contributed by atoms with Gasteiger partial charge in [0.25, 0.3) is 10.1 Å². The average molecular weight is 278 g/mol. The van der Waals surface area contributed by atoms with Crippen LogP contribution in [0.5, 0.6) is 0 Å². The Bertz CT molecular complexity index is 477. The van der Waals surface area contributed by atoms with Gasteiger partial charge in [0.2, 0.25) is 0 Å². The zero-order valence-corrected chi connectivity index (χ0v) is 11.8. The molecule has 7 heteroatoms. The molecule has 18 heavy (non-hydrogen) atoms. The molecule has 2 N–H and O–H groups in total. The van der Waals surface area contributed by atoms with Crippen LogP contribution < -0.4 is 5.32 Å². The minimum atomic E-state index is -4.42. The molecule has 2 atom stereocenters. The summed E-state index contributed by atoms with van der Waals surface area (Å²) in [5.41, 5.74) is -0.0256. The van der Waals surface area contributed by atoms with E-state index in [4.69, 9.17) is 4.55 Å². The van der Waals surface area contributed by atoms with Gasteiger partial charge in [0.15, 0.2) is 5.37 Å². The van der Waals surface area contributed by atoms with Gasteiger partial charge in [0, 0.05) is 17.8 Å². The lowest BCUT2D eigenvalue weighted by atomic mass is 10.0. The van der Waals surface area contributed by atoms with Crippen molar-refractivity contribution in [1.29, 1.82) is 0 Å². The molecule has 5 nitrogen and oxygen atoms in total. The van der Waals surface area contributed by atoms with Crippen LogP contribution in [-0.2, 0) is 10.1 Å². The highest BCUT2D eigenvalue weighted by atomic mass is 32.2. The van der Waals surface area contributed by atoms with Gasteiger partial charge in [-0.1, -0.05) is 0 Å². The minimum absolute atomic E-state index is 0.0903. The summed E-state index contributed by atoms with van der Waals surface area (Å²) in [5.74, 6) is -1.58. The number of allylic oxidation sites excluding steroid dienone is 1. The molecule has 0 aromatic carbocycles. The van der Waals surface area contributed by atoms with E-state index in [1.54, 1.807) is 0 Å². The number of hydrogen-bond donors (Lipinski definition) is 2. The Kier molecular flexibility index (Phi) is 4.30. The molecule has 0 aliphatic carbocycles. The van der Waals surface area contributed by atoms with Gasteiger partial charge in [0.1, 0.15) is 5.83 Å². The van der Waals surface area contributed by atoms with Gasteiger partial charge in [-0.15, -0.1) is 0 Å². The first-order valence-electron chi connectivity index (χ1n) is 5.63. The number of aliphatic imine (C=N–C) groups is 1. The Balaban J connectivity index is 2.96. The van der Waals surface area contributed by atoms with Gasteiger partial charge in [-0.2, -0.15) is 8.42 Å². The highest BCUT2D eigenvalue weighted by Crippen LogP contribution is 2.27. The predicted molar refractivity (Wildman–Crippen MR) is 68.9 cm³/mol. The molecule has 0 bridgehead atoms. The van der Waals surface area contributed by atoms with E-state index in [0.29, 0.717) is 0 Å². The molecule has 0 amide bonds. The summed E-state index contributed by atoms with van der Waals surface area (Å²) in [6.07, 6.45) is 1.19. The Morgan fingerprint density at radius 1 is 1.50 bits per heavy atom. The standard InChI is InChI=1S/C11H19FN2O3S/c1-7-5-9(12)8(6-13-11(2,3)4)10(14-7)18(15,16)17/h5,8,10,13H,6H2,1-4H3,(H,15,16,17). The molecule has 1 aliphatic rings. The van der Waals surface area contributed by atoms with Crippen LogP contribution in [0.15, 0.2) is 16.9 Å². The Morgan fingerprint density at radius 2 is 2.06 bits per heavy atom. The second kappa shape index (κ2) is 5.07. The van der Waals surface area contributed by atoms with Crippen molar-refractivity contribution in [2.45, 2.75) is 38.6 Å². The third-order valence-electron chi connectivity index (χ3n) is 2.53. The van der Waals surface area contributed by atoms with Crippen molar-refractivity contribution in [2.75, 3.05) is 6.54 Å². The lowest BCUT2D eigenvalue weighted by Gasteiger charge is -2.28. The van der Waals surface area contributed by atoms with Crippen molar-refractivity contribution in [3.05, 3.63) is 11.9 Å². The fraction of sp³-hybridized carbons (Fsp3) is 0.727. The van der Waals surface area contributed by atoms with Crippen LogP contribution in [0.1, 0.15) is 27.7 Å². The van der Waals surface area contributed by atoms with E-state index in [2.05, 4.69) is 10.3 Å². The molecule has 0 saturated carbocycles. The van der Waals surface area contributed by atoms with Gasteiger partial charge in [-0.3, -0.25) is 9.55 Å². The van der Waals surface area contributed by atoms with Crippen LogP contribution in [0.4, 0.5) is 4.39 Å². The van der Waals surface area contributed by atoms with E-state index >= 15 is 0 Å². The summed E-state index contributed by atoms with van der Waals surface area (Å²) in [6.45, 7) is 7.23. The first kappa shape index (κ1) is 15.3. The van der Waals surface area contributed by atoms with Crippen LogP contribution in [0, 0.1) is 5.92 Å². The van der Waals surface area contributed by atoms with Gasteiger partial charge in [0.05, 0.1) is 5.92 Å². The number of nitrogens with zero attached hydrogens (tertiary/aromatic N) is 1. The van der Waals surface area contributed by atoms with Crippen LogP contribution in [0.25, 0.3) is 0 Å². The van der Waals surface area contributed by atoms with Crippen LogP contribution >= 0.6 is 0 Å². The number of rotatable bonds is 3. The van der Waals surface area contributed by atoms with Crippen molar-refractivity contribution < 1.29 is 17.4 Å². The molecular formula is C11H19FN2O3S. The zero-order chi connectivity index (χ0) is 14.1. The zero-order valence-electron chi connectivity index (χ0n) is 10.9. The van der Waals surface area contributed by atoms with Gasteiger partial charge in [-0.05, 0) is 33.8 Å². The van der Waals surface area contributed by atoms with E-state index in [1.807, 2.05) is 20.8 Å². The lowest BCUT2D eigenvalue weighted by Crippen LogP contribution is -2.44. The van der Waals surface area contributed by atoms with E-state index < -0.39 is 27.2 Å². The molecule has 1 rings (SSSR count). The lowest BCUT2D eigenvalue weighted by molar-refractivity contribution is 0.342. The molecule has 104 valence electrons.